The Hall–Kier alpha value is -1.35. The molecule has 2 rings (SSSR count). The van der Waals surface area contributed by atoms with Gasteiger partial charge in [-0.25, -0.2) is 0 Å². The maximum atomic E-state index is 11.6. The summed E-state index contributed by atoms with van der Waals surface area (Å²) in [4.78, 5) is 11.6. The molecule has 0 saturated heterocycles. The van der Waals surface area contributed by atoms with Crippen LogP contribution in [-0.2, 0) is 11.3 Å². The van der Waals surface area contributed by atoms with Crippen molar-refractivity contribution < 1.29 is 4.79 Å². The van der Waals surface area contributed by atoms with E-state index in [1.165, 1.54) is 29.5 Å². The average Bonchev–Trinajstić information content (AvgIpc) is 3.09. The lowest BCUT2D eigenvalue weighted by atomic mass is 10.1. The molecule has 3 heteroatoms. The highest BCUT2D eigenvalue weighted by Crippen LogP contribution is 2.17. The Bertz CT molecular complexity index is 411. The fourth-order valence-electron chi connectivity index (χ4n) is 1.82. The van der Waals surface area contributed by atoms with Crippen molar-refractivity contribution in [3.05, 3.63) is 34.9 Å². The number of amides is 1. The van der Waals surface area contributed by atoms with Crippen molar-refractivity contribution in [3.8, 4) is 0 Å². The predicted octanol–water partition coefficient (Wildman–Crippen LogP) is 1.67. The van der Waals surface area contributed by atoms with Gasteiger partial charge in [0.05, 0.1) is 6.54 Å². The van der Waals surface area contributed by atoms with Gasteiger partial charge in [0.1, 0.15) is 0 Å². The molecule has 1 aromatic rings. The Labute approximate surface area is 103 Å². The van der Waals surface area contributed by atoms with Crippen molar-refractivity contribution in [1.82, 2.24) is 10.6 Å². The second kappa shape index (κ2) is 5.32. The van der Waals surface area contributed by atoms with Gasteiger partial charge in [0.2, 0.25) is 5.91 Å². The maximum absolute atomic E-state index is 11.6. The number of nitrogens with one attached hydrogen (secondary N) is 2. The lowest BCUT2D eigenvalue weighted by Crippen LogP contribution is -2.34. The van der Waals surface area contributed by atoms with Crippen molar-refractivity contribution in [2.45, 2.75) is 39.3 Å². The fourth-order valence-corrected chi connectivity index (χ4v) is 1.82. The zero-order valence-electron chi connectivity index (χ0n) is 10.5. The smallest absolute Gasteiger partial charge is 0.234 e. The Morgan fingerprint density at radius 1 is 1.35 bits per heavy atom. The van der Waals surface area contributed by atoms with Crippen LogP contribution >= 0.6 is 0 Å². The lowest BCUT2D eigenvalue weighted by molar-refractivity contribution is -0.120. The summed E-state index contributed by atoms with van der Waals surface area (Å²) in [6.45, 7) is 5.22. The third-order valence-corrected chi connectivity index (χ3v) is 3.10. The molecule has 0 heterocycles. The summed E-state index contributed by atoms with van der Waals surface area (Å²) in [6.07, 6.45) is 2.43. The minimum Gasteiger partial charge on any atom is -0.351 e. The predicted molar refractivity (Wildman–Crippen MR) is 68.8 cm³/mol. The molecule has 2 N–H and O–H groups in total. The Morgan fingerprint density at radius 3 is 2.76 bits per heavy atom. The van der Waals surface area contributed by atoms with Crippen LogP contribution in [0.3, 0.4) is 0 Å². The molecule has 0 bridgehead atoms. The van der Waals surface area contributed by atoms with E-state index in [1.54, 1.807) is 0 Å². The van der Waals surface area contributed by atoms with Gasteiger partial charge in [0.25, 0.3) is 0 Å². The second-order valence-electron chi connectivity index (χ2n) is 4.86. The summed E-state index contributed by atoms with van der Waals surface area (Å²) >= 11 is 0. The molecule has 1 fully saturated rings. The summed E-state index contributed by atoms with van der Waals surface area (Å²) in [5.41, 5.74) is 3.68. The topological polar surface area (TPSA) is 41.1 Å². The molecule has 0 aromatic heterocycles. The summed E-state index contributed by atoms with van der Waals surface area (Å²) in [5.74, 6) is 0.0804. The Morgan fingerprint density at radius 2 is 2.12 bits per heavy atom. The molecular formula is C14H20N2O. The number of benzene rings is 1. The number of aryl methyl sites for hydroxylation is 2. The number of hydrogen-bond donors (Lipinski definition) is 2. The highest BCUT2D eigenvalue weighted by atomic mass is 16.1. The van der Waals surface area contributed by atoms with Crippen molar-refractivity contribution in [3.63, 3.8) is 0 Å². The van der Waals surface area contributed by atoms with E-state index in [1.807, 2.05) is 0 Å². The van der Waals surface area contributed by atoms with Gasteiger partial charge in [-0.15, -0.1) is 0 Å². The molecule has 0 aliphatic heterocycles. The van der Waals surface area contributed by atoms with E-state index in [0.29, 0.717) is 19.1 Å². The van der Waals surface area contributed by atoms with Gasteiger partial charge in [0, 0.05) is 12.6 Å². The van der Waals surface area contributed by atoms with Crippen molar-refractivity contribution in [2.24, 2.45) is 0 Å². The highest BCUT2D eigenvalue weighted by Gasteiger charge is 2.20. The van der Waals surface area contributed by atoms with Crippen molar-refractivity contribution in [1.29, 1.82) is 0 Å². The molecule has 0 spiro atoms. The van der Waals surface area contributed by atoms with Crippen LogP contribution in [0.4, 0.5) is 0 Å². The van der Waals surface area contributed by atoms with Crippen LogP contribution in [0.15, 0.2) is 18.2 Å². The van der Waals surface area contributed by atoms with E-state index in [4.69, 9.17) is 0 Å². The van der Waals surface area contributed by atoms with E-state index in [9.17, 15) is 4.79 Å². The van der Waals surface area contributed by atoms with Crippen LogP contribution < -0.4 is 10.6 Å². The quantitative estimate of drug-likeness (QED) is 0.811. The van der Waals surface area contributed by atoms with Crippen LogP contribution in [0, 0.1) is 13.8 Å². The minimum absolute atomic E-state index is 0.0804. The van der Waals surface area contributed by atoms with Gasteiger partial charge in [-0.1, -0.05) is 23.8 Å². The van der Waals surface area contributed by atoms with Gasteiger partial charge in [-0.05, 0) is 37.8 Å². The SMILES string of the molecule is Cc1ccc(CNC(=O)CNC2CC2)c(C)c1. The molecule has 1 aliphatic carbocycles. The largest absolute Gasteiger partial charge is 0.351 e. The van der Waals surface area contributed by atoms with Crippen LogP contribution in [0.1, 0.15) is 29.5 Å². The number of hydrogen-bond acceptors (Lipinski definition) is 2. The first-order valence-corrected chi connectivity index (χ1v) is 6.21. The summed E-state index contributed by atoms with van der Waals surface area (Å²) in [6, 6.07) is 6.89. The van der Waals surface area contributed by atoms with E-state index in [0.717, 1.165) is 0 Å². The van der Waals surface area contributed by atoms with Gasteiger partial charge in [0.15, 0.2) is 0 Å². The molecule has 0 unspecified atom stereocenters. The van der Waals surface area contributed by atoms with E-state index in [2.05, 4.69) is 42.7 Å². The van der Waals surface area contributed by atoms with Crippen LogP contribution in [0.25, 0.3) is 0 Å². The molecule has 0 atom stereocenters. The lowest BCUT2D eigenvalue weighted by Gasteiger charge is -2.09. The Balaban J connectivity index is 1.77. The maximum Gasteiger partial charge on any atom is 0.234 e. The van der Waals surface area contributed by atoms with Crippen molar-refractivity contribution in [2.75, 3.05) is 6.54 Å². The number of carbonyl (C=O) groups is 1. The van der Waals surface area contributed by atoms with E-state index in [-0.39, 0.29) is 5.91 Å². The van der Waals surface area contributed by atoms with Gasteiger partial charge >= 0.3 is 0 Å². The fraction of sp³-hybridized carbons (Fsp3) is 0.500. The van der Waals surface area contributed by atoms with E-state index < -0.39 is 0 Å². The van der Waals surface area contributed by atoms with Gasteiger partial charge in [-0.3, -0.25) is 4.79 Å². The molecule has 17 heavy (non-hydrogen) atoms. The molecule has 0 radical (unpaired) electrons. The van der Waals surface area contributed by atoms with Crippen LogP contribution in [-0.4, -0.2) is 18.5 Å². The third kappa shape index (κ3) is 3.86. The first-order chi connectivity index (χ1) is 8.15. The second-order valence-corrected chi connectivity index (χ2v) is 4.86. The molecule has 92 valence electrons. The summed E-state index contributed by atoms with van der Waals surface area (Å²) in [5, 5.41) is 6.15. The molecule has 3 nitrogen and oxygen atoms in total. The molecular weight excluding hydrogens is 212 g/mol. The summed E-state index contributed by atoms with van der Waals surface area (Å²) < 4.78 is 0. The Kier molecular flexibility index (Phi) is 3.79. The monoisotopic (exact) mass is 232 g/mol. The molecule has 1 aliphatic rings. The molecule has 1 saturated carbocycles. The first-order valence-electron chi connectivity index (χ1n) is 6.21. The number of rotatable bonds is 5. The standard InChI is InChI=1S/C14H20N2O/c1-10-3-4-12(11(2)7-10)8-16-14(17)9-15-13-5-6-13/h3-4,7,13,15H,5-6,8-9H2,1-2H3,(H,16,17). The first kappa shape index (κ1) is 12.1. The highest BCUT2D eigenvalue weighted by molar-refractivity contribution is 5.78. The minimum atomic E-state index is 0.0804. The average molecular weight is 232 g/mol. The van der Waals surface area contributed by atoms with Gasteiger partial charge in [-0.2, -0.15) is 0 Å². The summed E-state index contributed by atoms with van der Waals surface area (Å²) in [7, 11) is 0. The number of carbonyl (C=O) groups excluding carboxylic acids is 1. The normalized spacial score (nSPS) is 14.7. The van der Waals surface area contributed by atoms with E-state index >= 15 is 0 Å². The molecule has 1 aromatic carbocycles. The van der Waals surface area contributed by atoms with Crippen LogP contribution in [0.5, 0.6) is 0 Å². The van der Waals surface area contributed by atoms with Gasteiger partial charge < -0.3 is 10.6 Å². The third-order valence-electron chi connectivity index (χ3n) is 3.10. The zero-order valence-corrected chi connectivity index (χ0v) is 10.5. The molecule has 1 amide bonds. The van der Waals surface area contributed by atoms with Crippen LogP contribution in [0.2, 0.25) is 0 Å². The zero-order chi connectivity index (χ0) is 12.3. The van der Waals surface area contributed by atoms with Crippen molar-refractivity contribution >= 4 is 5.91 Å².